The minimum Gasteiger partial charge on any atom is -0.497 e. The van der Waals surface area contributed by atoms with Crippen molar-refractivity contribution in [3.8, 4) is 16.9 Å². The van der Waals surface area contributed by atoms with Crippen molar-refractivity contribution in [3.63, 3.8) is 0 Å². The SMILES string of the molecule is COc1cccc(CNC(=O)c2cc3ccc(-c4ccncc4)cc3n2CCN(C)C)c1. The number of carbonyl (C=O) groups is 1. The second-order valence-corrected chi connectivity index (χ2v) is 8.03. The van der Waals surface area contributed by atoms with Gasteiger partial charge in [0, 0.05) is 42.9 Å². The number of nitrogens with one attached hydrogen (secondary N) is 1. The van der Waals surface area contributed by atoms with E-state index in [1.165, 1.54) is 0 Å². The van der Waals surface area contributed by atoms with Gasteiger partial charge in [-0.1, -0.05) is 24.3 Å². The average molecular weight is 429 g/mol. The van der Waals surface area contributed by atoms with Crippen LogP contribution in [0.2, 0.25) is 0 Å². The van der Waals surface area contributed by atoms with E-state index >= 15 is 0 Å². The maximum Gasteiger partial charge on any atom is 0.268 e. The third-order valence-corrected chi connectivity index (χ3v) is 5.51. The van der Waals surface area contributed by atoms with Gasteiger partial charge >= 0.3 is 0 Å². The van der Waals surface area contributed by atoms with Crippen LogP contribution in [-0.2, 0) is 13.1 Å². The quantitative estimate of drug-likeness (QED) is 0.457. The van der Waals surface area contributed by atoms with Gasteiger partial charge in [-0.15, -0.1) is 0 Å². The maximum absolute atomic E-state index is 13.2. The predicted molar refractivity (Wildman–Crippen MR) is 128 cm³/mol. The number of nitrogens with zero attached hydrogens (tertiary/aromatic N) is 3. The zero-order valence-corrected chi connectivity index (χ0v) is 18.7. The highest BCUT2D eigenvalue weighted by Crippen LogP contribution is 2.27. The third-order valence-electron chi connectivity index (χ3n) is 5.51. The summed E-state index contributed by atoms with van der Waals surface area (Å²) >= 11 is 0. The lowest BCUT2D eigenvalue weighted by Gasteiger charge is -2.15. The second kappa shape index (κ2) is 9.66. The van der Waals surface area contributed by atoms with Gasteiger partial charge < -0.3 is 19.5 Å². The Balaban J connectivity index is 1.65. The molecular formula is C26H28N4O2. The smallest absolute Gasteiger partial charge is 0.268 e. The normalized spacial score (nSPS) is 11.1. The summed E-state index contributed by atoms with van der Waals surface area (Å²) in [6, 6.07) is 20.0. The van der Waals surface area contributed by atoms with Crippen molar-refractivity contribution in [1.29, 1.82) is 0 Å². The lowest BCUT2D eigenvalue weighted by Crippen LogP contribution is -2.27. The topological polar surface area (TPSA) is 59.4 Å². The molecule has 6 nitrogen and oxygen atoms in total. The molecule has 4 rings (SSSR count). The Morgan fingerprint density at radius 1 is 1.03 bits per heavy atom. The first-order valence-electron chi connectivity index (χ1n) is 10.6. The zero-order chi connectivity index (χ0) is 22.5. The van der Waals surface area contributed by atoms with Crippen molar-refractivity contribution < 1.29 is 9.53 Å². The van der Waals surface area contributed by atoms with E-state index in [2.05, 4.69) is 38.0 Å². The number of amides is 1. The van der Waals surface area contributed by atoms with E-state index in [0.29, 0.717) is 12.2 Å². The number of benzene rings is 2. The van der Waals surface area contributed by atoms with Gasteiger partial charge in [-0.05, 0) is 67.2 Å². The molecule has 0 fully saturated rings. The van der Waals surface area contributed by atoms with Gasteiger partial charge in [-0.3, -0.25) is 9.78 Å². The van der Waals surface area contributed by atoms with E-state index in [1.54, 1.807) is 19.5 Å². The molecule has 1 N–H and O–H groups in total. The van der Waals surface area contributed by atoms with Crippen LogP contribution < -0.4 is 10.1 Å². The Hall–Kier alpha value is -3.64. The minimum absolute atomic E-state index is 0.0896. The van der Waals surface area contributed by atoms with Crippen LogP contribution in [0.15, 0.2) is 73.1 Å². The molecule has 0 unspecified atom stereocenters. The molecule has 0 atom stereocenters. The summed E-state index contributed by atoms with van der Waals surface area (Å²) in [6.45, 7) is 1.99. The van der Waals surface area contributed by atoms with Crippen LogP contribution in [0.25, 0.3) is 22.0 Å². The van der Waals surface area contributed by atoms with Gasteiger partial charge in [0.05, 0.1) is 7.11 Å². The number of aromatic nitrogens is 2. The van der Waals surface area contributed by atoms with Crippen molar-refractivity contribution in [2.45, 2.75) is 13.1 Å². The molecule has 4 aromatic rings. The standard InChI is InChI=1S/C26H28N4O2/c1-29(2)13-14-30-24-16-21(20-9-11-27-12-10-20)7-8-22(24)17-25(30)26(31)28-18-19-5-4-6-23(15-19)32-3/h4-12,15-17H,13-14,18H2,1-3H3,(H,28,31). The van der Waals surface area contributed by atoms with Crippen LogP contribution in [0.1, 0.15) is 16.1 Å². The number of hydrogen-bond acceptors (Lipinski definition) is 4. The Morgan fingerprint density at radius 2 is 1.84 bits per heavy atom. The van der Waals surface area contributed by atoms with Crippen LogP contribution in [-0.4, -0.2) is 48.1 Å². The molecule has 164 valence electrons. The first-order chi connectivity index (χ1) is 15.5. The van der Waals surface area contributed by atoms with E-state index < -0.39 is 0 Å². The number of methoxy groups -OCH3 is 1. The summed E-state index contributed by atoms with van der Waals surface area (Å²) in [7, 11) is 5.72. The Kier molecular flexibility index (Phi) is 6.52. The number of hydrogen-bond donors (Lipinski definition) is 1. The maximum atomic E-state index is 13.2. The molecule has 0 aliphatic carbocycles. The number of fused-ring (bicyclic) bond motifs is 1. The molecule has 0 spiro atoms. The van der Waals surface area contributed by atoms with Crippen molar-refractivity contribution >= 4 is 16.8 Å². The van der Waals surface area contributed by atoms with Crippen molar-refractivity contribution in [3.05, 3.63) is 84.3 Å². The molecule has 0 aliphatic rings. The molecule has 2 aromatic heterocycles. The lowest BCUT2D eigenvalue weighted by molar-refractivity contribution is 0.0941. The van der Waals surface area contributed by atoms with Crippen LogP contribution in [0.4, 0.5) is 0 Å². The number of rotatable bonds is 8. The highest BCUT2D eigenvalue weighted by atomic mass is 16.5. The lowest BCUT2D eigenvalue weighted by atomic mass is 10.1. The Bertz CT molecular complexity index is 1220. The van der Waals surface area contributed by atoms with Gasteiger partial charge in [-0.2, -0.15) is 0 Å². The molecule has 0 radical (unpaired) electrons. The van der Waals surface area contributed by atoms with Crippen LogP contribution in [0, 0.1) is 0 Å². The molecule has 0 aliphatic heterocycles. The molecule has 32 heavy (non-hydrogen) atoms. The molecular weight excluding hydrogens is 400 g/mol. The first kappa shape index (κ1) is 21.6. The van der Waals surface area contributed by atoms with E-state index in [0.717, 1.165) is 46.4 Å². The van der Waals surface area contributed by atoms with E-state index in [9.17, 15) is 4.79 Å². The van der Waals surface area contributed by atoms with Crippen molar-refractivity contribution in [1.82, 2.24) is 19.8 Å². The molecule has 0 bridgehead atoms. The summed E-state index contributed by atoms with van der Waals surface area (Å²) in [4.78, 5) is 19.4. The summed E-state index contributed by atoms with van der Waals surface area (Å²) in [5.74, 6) is 0.689. The summed E-state index contributed by atoms with van der Waals surface area (Å²) in [5.41, 5.74) is 4.91. The van der Waals surface area contributed by atoms with Gasteiger partial charge in [0.15, 0.2) is 0 Å². The Labute approximate surface area is 188 Å². The largest absolute Gasteiger partial charge is 0.497 e. The average Bonchev–Trinajstić information content (AvgIpc) is 3.19. The predicted octanol–water partition coefficient (Wildman–Crippen LogP) is 4.20. The summed E-state index contributed by atoms with van der Waals surface area (Å²) < 4.78 is 7.39. The zero-order valence-electron chi connectivity index (χ0n) is 18.7. The fraction of sp³-hybridized carbons (Fsp3) is 0.231. The highest BCUT2D eigenvalue weighted by Gasteiger charge is 2.16. The first-order valence-corrected chi connectivity index (χ1v) is 10.6. The van der Waals surface area contributed by atoms with E-state index in [4.69, 9.17) is 4.74 Å². The number of likely N-dealkylation sites (N-methyl/N-ethyl adjacent to an activating group) is 1. The van der Waals surface area contributed by atoms with Gasteiger partial charge in [0.25, 0.3) is 5.91 Å². The summed E-state index contributed by atoms with van der Waals surface area (Å²) in [6.07, 6.45) is 3.59. The van der Waals surface area contributed by atoms with Crippen LogP contribution in [0.5, 0.6) is 5.75 Å². The van der Waals surface area contributed by atoms with Crippen molar-refractivity contribution in [2.24, 2.45) is 0 Å². The number of ether oxygens (including phenoxy) is 1. The van der Waals surface area contributed by atoms with Crippen molar-refractivity contribution in [2.75, 3.05) is 27.7 Å². The fourth-order valence-corrected chi connectivity index (χ4v) is 3.76. The summed E-state index contributed by atoms with van der Waals surface area (Å²) in [5, 5.41) is 4.11. The van der Waals surface area contributed by atoms with Crippen LogP contribution >= 0.6 is 0 Å². The molecule has 2 aromatic carbocycles. The molecule has 6 heteroatoms. The highest BCUT2D eigenvalue weighted by molar-refractivity contribution is 5.99. The van der Waals surface area contributed by atoms with Gasteiger partial charge in [-0.25, -0.2) is 0 Å². The molecule has 1 amide bonds. The fourth-order valence-electron chi connectivity index (χ4n) is 3.76. The number of pyridine rings is 1. The second-order valence-electron chi connectivity index (χ2n) is 8.03. The number of carbonyl (C=O) groups excluding carboxylic acids is 1. The van der Waals surface area contributed by atoms with Gasteiger partial charge in [0.1, 0.15) is 11.4 Å². The van der Waals surface area contributed by atoms with Gasteiger partial charge in [0.2, 0.25) is 0 Å². The van der Waals surface area contributed by atoms with E-state index in [-0.39, 0.29) is 5.91 Å². The molecule has 0 saturated carbocycles. The molecule has 2 heterocycles. The third kappa shape index (κ3) is 4.81. The Morgan fingerprint density at radius 3 is 2.59 bits per heavy atom. The monoisotopic (exact) mass is 428 g/mol. The van der Waals surface area contributed by atoms with Crippen LogP contribution in [0.3, 0.4) is 0 Å². The minimum atomic E-state index is -0.0896. The molecule has 0 saturated heterocycles. The van der Waals surface area contributed by atoms with E-state index in [1.807, 2.05) is 56.6 Å².